The average Bonchev–Trinajstić information content (AvgIpc) is 2.63. The Balaban J connectivity index is 1.51. The topological polar surface area (TPSA) is 27.7 Å². The molecule has 3 rings (SSSR count). The Morgan fingerprint density at radius 1 is 0.917 bits per heavy atom. The Morgan fingerprint density at radius 3 is 2.21 bits per heavy atom. The maximum absolute atomic E-state index is 6.19. The summed E-state index contributed by atoms with van der Waals surface area (Å²) in [6.45, 7) is 4.82. The van der Waals surface area contributed by atoms with Crippen LogP contribution >= 0.6 is 0 Å². The van der Waals surface area contributed by atoms with Crippen molar-refractivity contribution in [2.45, 2.75) is 38.8 Å². The number of ether oxygens (including phenoxy) is 3. The third kappa shape index (κ3) is 4.91. The van der Waals surface area contributed by atoms with Gasteiger partial charge in [-0.25, -0.2) is 0 Å². The average molecular weight is 326 g/mol. The molecular formula is C21H26O3. The molecule has 3 heteroatoms. The second kappa shape index (κ2) is 8.97. The van der Waals surface area contributed by atoms with E-state index in [1.165, 1.54) is 11.1 Å². The van der Waals surface area contributed by atoms with E-state index in [0.717, 1.165) is 13.0 Å². The standard InChI is InChI=1S/C21H26O3/c1-17-12-13-23-20(16-22-14-18-8-4-2-5-9-18)21(17)24-15-19-10-6-3-7-11-19/h2-11,17,20-21H,12-16H2,1H3/t17-,20-,21-/m1/s1. The summed E-state index contributed by atoms with van der Waals surface area (Å²) < 4.78 is 18.0. The monoisotopic (exact) mass is 326 g/mol. The van der Waals surface area contributed by atoms with Crippen LogP contribution in [0.4, 0.5) is 0 Å². The number of benzene rings is 2. The van der Waals surface area contributed by atoms with E-state index < -0.39 is 0 Å². The van der Waals surface area contributed by atoms with E-state index in [1.807, 2.05) is 36.4 Å². The zero-order valence-corrected chi connectivity index (χ0v) is 14.3. The fourth-order valence-corrected chi connectivity index (χ4v) is 3.08. The van der Waals surface area contributed by atoms with Gasteiger partial charge in [-0.3, -0.25) is 0 Å². The summed E-state index contributed by atoms with van der Waals surface area (Å²) in [5.74, 6) is 0.479. The van der Waals surface area contributed by atoms with Crippen LogP contribution in [-0.4, -0.2) is 25.4 Å². The third-order valence-corrected chi connectivity index (χ3v) is 4.51. The molecule has 0 saturated carbocycles. The van der Waals surface area contributed by atoms with Gasteiger partial charge >= 0.3 is 0 Å². The van der Waals surface area contributed by atoms with Crippen LogP contribution < -0.4 is 0 Å². The molecule has 0 spiro atoms. The summed E-state index contributed by atoms with van der Waals surface area (Å²) in [4.78, 5) is 0. The highest BCUT2D eigenvalue weighted by molar-refractivity contribution is 5.14. The second-order valence-electron chi connectivity index (χ2n) is 6.44. The first-order valence-corrected chi connectivity index (χ1v) is 8.72. The molecule has 1 aliphatic rings. The lowest BCUT2D eigenvalue weighted by molar-refractivity contribution is -0.158. The zero-order valence-electron chi connectivity index (χ0n) is 14.3. The Bertz CT molecular complexity index is 585. The van der Waals surface area contributed by atoms with Gasteiger partial charge in [0, 0.05) is 6.61 Å². The van der Waals surface area contributed by atoms with E-state index >= 15 is 0 Å². The van der Waals surface area contributed by atoms with E-state index in [4.69, 9.17) is 14.2 Å². The van der Waals surface area contributed by atoms with Gasteiger partial charge in [0.1, 0.15) is 6.10 Å². The van der Waals surface area contributed by atoms with Gasteiger partial charge in [-0.1, -0.05) is 67.6 Å². The van der Waals surface area contributed by atoms with E-state index in [2.05, 4.69) is 31.2 Å². The summed E-state index contributed by atoms with van der Waals surface area (Å²) >= 11 is 0. The van der Waals surface area contributed by atoms with Crippen LogP contribution in [0.15, 0.2) is 60.7 Å². The first-order valence-electron chi connectivity index (χ1n) is 8.72. The Labute approximate surface area is 144 Å². The van der Waals surface area contributed by atoms with Gasteiger partial charge in [-0.05, 0) is 23.5 Å². The predicted molar refractivity (Wildman–Crippen MR) is 94.6 cm³/mol. The second-order valence-corrected chi connectivity index (χ2v) is 6.44. The highest BCUT2D eigenvalue weighted by Gasteiger charge is 2.32. The van der Waals surface area contributed by atoms with Crippen molar-refractivity contribution in [1.82, 2.24) is 0 Å². The van der Waals surface area contributed by atoms with E-state index in [-0.39, 0.29) is 12.2 Å². The van der Waals surface area contributed by atoms with Crippen molar-refractivity contribution in [1.29, 1.82) is 0 Å². The molecule has 0 aliphatic carbocycles. The van der Waals surface area contributed by atoms with Crippen molar-refractivity contribution in [2.75, 3.05) is 13.2 Å². The maximum atomic E-state index is 6.19. The molecule has 0 N–H and O–H groups in total. The van der Waals surface area contributed by atoms with Crippen LogP contribution in [0, 0.1) is 5.92 Å². The first-order chi connectivity index (χ1) is 11.8. The molecule has 1 saturated heterocycles. The van der Waals surface area contributed by atoms with Crippen LogP contribution in [0.3, 0.4) is 0 Å². The molecule has 1 aliphatic heterocycles. The molecule has 3 atom stereocenters. The van der Waals surface area contributed by atoms with Crippen molar-refractivity contribution < 1.29 is 14.2 Å². The lowest BCUT2D eigenvalue weighted by Crippen LogP contribution is -2.44. The molecule has 0 radical (unpaired) electrons. The summed E-state index contributed by atoms with van der Waals surface area (Å²) in [6, 6.07) is 20.5. The highest BCUT2D eigenvalue weighted by atomic mass is 16.6. The summed E-state index contributed by atoms with van der Waals surface area (Å²) in [5.41, 5.74) is 2.38. The smallest absolute Gasteiger partial charge is 0.107 e. The molecule has 128 valence electrons. The van der Waals surface area contributed by atoms with Crippen molar-refractivity contribution in [3.05, 3.63) is 71.8 Å². The van der Waals surface area contributed by atoms with Gasteiger partial charge in [-0.2, -0.15) is 0 Å². The maximum Gasteiger partial charge on any atom is 0.107 e. The van der Waals surface area contributed by atoms with E-state index in [0.29, 0.717) is 25.7 Å². The van der Waals surface area contributed by atoms with Crippen molar-refractivity contribution in [3.63, 3.8) is 0 Å². The van der Waals surface area contributed by atoms with Crippen molar-refractivity contribution in [3.8, 4) is 0 Å². The Hall–Kier alpha value is -1.68. The van der Waals surface area contributed by atoms with Crippen LogP contribution in [0.25, 0.3) is 0 Å². The Kier molecular flexibility index (Phi) is 6.41. The van der Waals surface area contributed by atoms with Gasteiger partial charge in [0.05, 0.1) is 25.9 Å². The van der Waals surface area contributed by atoms with Crippen molar-refractivity contribution in [2.24, 2.45) is 5.92 Å². The summed E-state index contributed by atoms with van der Waals surface area (Å²) in [6.07, 6.45) is 1.12. The molecular weight excluding hydrogens is 300 g/mol. The molecule has 0 amide bonds. The molecule has 1 heterocycles. The summed E-state index contributed by atoms with van der Waals surface area (Å²) in [7, 11) is 0. The minimum Gasteiger partial charge on any atom is -0.374 e. The molecule has 3 nitrogen and oxygen atoms in total. The number of hydrogen-bond donors (Lipinski definition) is 0. The number of rotatable bonds is 7. The van der Waals surface area contributed by atoms with Crippen LogP contribution in [-0.2, 0) is 27.4 Å². The van der Waals surface area contributed by atoms with Gasteiger partial charge in [0.25, 0.3) is 0 Å². The van der Waals surface area contributed by atoms with E-state index in [9.17, 15) is 0 Å². The van der Waals surface area contributed by atoms with Gasteiger partial charge in [0.2, 0.25) is 0 Å². The minimum absolute atomic E-state index is 0.00109. The molecule has 0 unspecified atom stereocenters. The number of hydrogen-bond acceptors (Lipinski definition) is 3. The van der Waals surface area contributed by atoms with Gasteiger partial charge < -0.3 is 14.2 Å². The molecule has 24 heavy (non-hydrogen) atoms. The molecule has 2 aromatic rings. The van der Waals surface area contributed by atoms with Crippen LogP contribution in [0.2, 0.25) is 0 Å². The van der Waals surface area contributed by atoms with Crippen molar-refractivity contribution >= 4 is 0 Å². The normalized spacial score (nSPS) is 24.0. The van der Waals surface area contributed by atoms with E-state index in [1.54, 1.807) is 0 Å². The first kappa shape index (κ1) is 17.2. The molecule has 2 aromatic carbocycles. The van der Waals surface area contributed by atoms with Crippen LogP contribution in [0.1, 0.15) is 24.5 Å². The van der Waals surface area contributed by atoms with Gasteiger partial charge in [-0.15, -0.1) is 0 Å². The SMILES string of the molecule is C[C@@H]1CCO[C@H](COCc2ccccc2)[C@@H]1OCc1ccccc1. The fourth-order valence-electron chi connectivity index (χ4n) is 3.08. The Morgan fingerprint density at radius 2 is 1.54 bits per heavy atom. The third-order valence-electron chi connectivity index (χ3n) is 4.51. The highest BCUT2D eigenvalue weighted by Crippen LogP contribution is 2.25. The minimum atomic E-state index is 0.00109. The lowest BCUT2D eigenvalue weighted by Gasteiger charge is -2.36. The van der Waals surface area contributed by atoms with Gasteiger partial charge in [0.15, 0.2) is 0 Å². The quantitative estimate of drug-likeness (QED) is 0.763. The zero-order chi connectivity index (χ0) is 16.6. The lowest BCUT2D eigenvalue weighted by atomic mass is 9.94. The molecule has 0 bridgehead atoms. The summed E-state index contributed by atoms with van der Waals surface area (Å²) in [5, 5.41) is 0. The predicted octanol–water partition coefficient (Wildman–Crippen LogP) is 4.21. The molecule has 1 fully saturated rings. The largest absolute Gasteiger partial charge is 0.374 e. The molecule has 0 aromatic heterocycles. The fraction of sp³-hybridized carbons (Fsp3) is 0.429. The van der Waals surface area contributed by atoms with Crippen LogP contribution in [0.5, 0.6) is 0 Å².